The van der Waals surface area contributed by atoms with Crippen LogP contribution >= 0.6 is 0 Å². The Hall–Kier alpha value is -2.96. The van der Waals surface area contributed by atoms with Gasteiger partial charge in [0.05, 0.1) is 6.20 Å². The van der Waals surface area contributed by atoms with Crippen molar-refractivity contribution in [2.75, 3.05) is 5.73 Å². The molecule has 7 heteroatoms. The van der Waals surface area contributed by atoms with Crippen molar-refractivity contribution in [3.8, 4) is 17.3 Å². The molecule has 0 atom stereocenters. The van der Waals surface area contributed by atoms with Gasteiger partial charge in [-0.1, -0.05) is 0 Å². The number of rotatable bonds is 5. The van der Waals surface area contributed by atoms with E-state index in [0.717, 1.165) is 16.8 Å². The van der Waals surface area contributed by atoms with Gasteiger partial charge in [-0.05, 0) is 37.5 Å². The maximum atomic E-state index is 6.03. The molecule has 7 nitrogen and oxygen atoms in total. The van der Waals surface area contributed by atoms with Crippen molar-refractivity contribution < 1.29 is 4.74 Å². The summed E-state index contributed by atoms with van der Waals surface area (Å²) in [7, 11) is 0. The second-order valence-electron chi connectivity index (χ2n) is 5.97. The fourth-order valence-corrected chi connectivity index (χ4v) is 2.65. The molecule has 1 aliphatic rings. The second-order valence-corrected chi connectivity index (χ2v) is 5.97. The molecule has 0 bridgehead atoms. The maximum Gasteiger partial charge on any atom is 0.182 e. The fourth-order valence-electron chi connectivity index (χ4n) is 2.65. The van der Waals surface area contributed by atoms with Crippen molar-refractivity contribution in [1.82, 2.24) is 25.1 Å². The van der Waals surface area contributed by atoms with Crippen LogP contribution in [0.1, 0.15) is 35.6 Å². The van der Waals surface area contributed by atoms with Crippen molar-refractivity contribution in [3.63, 3.8) is 0 Å². The number of nitrogens with one attached hydrogen (secondary N) is 1. The Labute approximate surface area is 139 Å². The third-order valence-corrected chi connectivity index (χ3v) is 4.17. The van der Waals surface area contributed by atoms with Crippen molar-refractivity contribution in [1.29, 1.82) is 0 Å². The number of nitrogen functional groups attached to an aromatic ring is 1. The quantitative estimate of drug-likeness (QED) is 0.748. The van der Waals surface area contributed by atoms with Gasteiger partial charge in [-0.3, -0.25) is 10.1 Å². The number of aromatic nitrogens is 5. The number of pyridine rings is 1. The highest BCUT2D eigenvalue weighted by atomic mass is 16.5. The SMILES string of the molecule is Cc1c(-c2ncc(OCc3ccncc3)c(N)n2)n[nH]c1C1CC1. The number of anilines is 1. The molecule has 0 aromatic carbocycles. The van der Waals surface area contributed by atoms with Gasteiger partial charge in [0.2, 0.25) is 0 Å². The van der Waals surface area contributed by atoms with Crippen molar-refractivity contribution in [3.05, 3.63) is 47.5 Å². The van der Waals surface area contributed by atoms with Crippen LogP contribution < -0.4 is 10.5 Å². The van der Waals surface area contributed by atoms with Crippen molar-refractivity contribution in [2.24, 2.45) is 0 Å². The van der Waals surface area contributed by atoms with E-state index < -0.39 is 0 Å². The normalized spacial score (nSPS) is 13.9. The predicted octanol–water partition coefficient (Wildman–Crippen LogP) is 2.61. The van der Waals surface area contributed by atoms with Gasteiger partial charge < -0.3 is 10.5 Å². The minimum atomic E-state index is 0.310. The van der Waals surface area contributed by atoms with E-state index in [1.807, 2.05) is 19.1 Å². The first-order valence-corrected chi connectivity index (χ1v) is 7.92. The number of H-pyrrole nitrogens is 1. The number of hydrogen-bond donors (Lipinski definition) is 2. The highest BCUT2D eigenvalue weighted by Gasteiger charge is 2.29. The Kier molecular flexibility index (Phi) is 3.60. The Balaban J connectivity index is 1.53. The standard InChI is InChI=1S/C17H18N6O/c1-10-14(12-2-3-12)22-23-15(10)17-20-8-13(16(18)21-17)24-9-11-4-6-19-7-5-11/h4-8,12H,2-3,9H2,1H3,(H,22,23)(H2,18,20,21). The van der Waals surface area contributed by atoms with Crippen LogP contribution in [0, 0.1) is 6.92 Å². The summed E-state index contributed by atoms with van der Waals surface area (Å²) in [6.07, 6.45) is 7.48. The molecule has 0 saturated heterocycles. The summed E-state index contributed by atoms with van der Waals surface area (Å²) in [5.41, 5.74) is 10.1. The van der Waals surface area contributed by atoms with E-state index in [2.05, 4.69) is 25.1 Å². The molecule has 1 fully saturated rings. The highest BCUT2D eigenvalue weighted by Crippen LogP contribution is 2.42. The first-order chi connectivity index (χ1) is 11.7. The van der Waals surface area contributed by atoms with Crippen LogP contribution in [0.15, 0.2) is 30.7 Å². The van der Waals surface area contributed by atoms with Crippen LogP contribution in [0.3, 0.4) is 0 Å². The molecule has 0 amide bonds. The van der Waals surface area contributed by atoms with Gasteiger partial charge in [-0.25, -0.2) is 9.97 Å². The summed E-state index contributed by atoms with van der Waals surface area (Å²) in [5.74, 6) is 1.89. The lowest BCUT2D eigenvalue weighted by Gasteiger charge is -2.08. The Bertz CT molecular complexity index is 857. The molecule has 24 heavy (non-hydrogen) atoms. The zero-order valence-electron chi connectivity index (χ0n) is 13.4. The van der Waals surface area contributed by atoms with Crippen LogP contribution in [-0.4, -0.2) is 25.1 Å². The molecule has 3 aromatic heterocycles. The lowest BCUT2D eigenvalue weighted by atomic mass is 10.1. The zero-order valence-corrected chi connectivity index (χ0v) is 13.4. The molecule has 4 rings (SSSR count). The molecule has 1 saturated carbocycles. The first-order valence-electron chi connectivity index (χ1n) is 7.92. The molecule has 3 heterocycles. The third-order valence-electron chi connectivity index (χ3n) is 4.17. The van der Waals surface area contributed by atoms with Gasteiger partial charge in [0.15, 0.2) is 17.4 Å². The Morgan fingerprint density at radius 3 is 2.79 bits per heavy atom. The predicted molar refractivity (Wildman–Crippen MR) is 89.3 cm³/mol. The largest absolute Gasteiger partial charge is 0.483 e. The summed E-state index contributed by atoms with van der Waals surface area (Å²) in [6.45, 7) is 2.43. The number of nitrogens with two attached hydrogens (primary N) is 1. The van der Waals surface area contributed by atoms with E-state index >= 15 is 0 Å². The summed E-state index contributed by atoms with van der Waals surface area (Å²) < 4.78 is 5.69. The van der Waals surface area contributed by atoms with E-state index in [-0.39, 0.29) is 0 Å². The smallest absolute Gasteiger partial charge is 0.182 e. The molecule has 1 aliphatic carbocycles. The van der Waals surface area contributed by atoms with E-state index in [0.29, 0.717) is 29.9 Å². The summed E-state index contributed by atoms with van der Waals surface area (Å²) in [6, 6.07) is 3.77. The number of aromatic amines is 1. The molecule has 3 aromatic rings. The topological polar surface area (TPSA) is 103 Å². The fraction of sp³-hybridized carbons (Fsp3) is 0.294. The van der Waals surface area contributed by atoms with Gasteiger partial charge in [0, 0.05) is 29.6 Å². The molecule has 0 spiro atoms. The minimum Gasteiger partial charge on any atom is -0.483 e. The molecule has 0 unspecified atom stereocenters. The van der Waals surface area contributed by atoms with Crippen LogP contribution in [0.25, 0.3) is 11.5 Å². The summed E-state index contributed by atoms with van der Waals surface area (Å²) in [5, 5.41) is 7.47. The van der Waals surface area contributed by atoms with Crippen molar-refractivity contribution >= 4 is 5.82 Å². The van der Waals surface area contributed by atoms with Crippen molar-refractivity contribution in [2.45, 2.75) is 32.3 Å². The highest BCUT2D eigenvalue weighted by molar-refractivity contribution is 5.60. The van der Waals surface area contributed by atoms with Gasteiger partial charge in [0.1, 0.15) is 12.3 Å². The molecule has 122 valence electrons. The number of hydrogen-bond acceptors (Lipinski definition) is 6. The molecule has 0 aliphatic heterocycles. The summed E-state index contributed by atoms with van der Waals surface area (Å²) >= 11 is 0. The second kappa shape index (κ2) is 5.92. The molecule has 3 N–H and O–H groups in total. The Morgan fingerprint density at radius 1 is 1.29 bits per heavy atom. The number of nitrogens with zero attached hydrogens (tertiary/aromatic N) is 4. The molecule has 0 radical (unpaired) electrons. The van der Waals surface area contributed by atoms with Crippen LogP contribution in [0.2, 0.25) is 0 Å². The zero-order chi connectivity index (χ0) is 16.5. The third kappa shape index (κ3) is 2.80. The Morgan fingerprint density at radius 2 is 2.08 bits per heavy atom. The van der Waals surface area contributed by atoms with E-state index in [4.69, 9.17) is 10.5 Å². The lowest BCUT2D eigenvalue weighted by molar-refractivity contribution is 0.305. The van der Waals surface area contributed by atoms with E-state index in [1.54, 1.807) is 18.6 Å². The number of ether oxygens (including phenoxy) is 1. The molecular formula is C17H18N6O. The minimum absolute atomic E-state index is 0.310. The van der Waals surface area contributed by atoms with E-state index in [9.17, 15) is 0 Å². The average Bonchev–Trinajstić information content (AvgIpc) is 3.37. The van der Waals surface area contributed by atoms with Crippen LogP contribution in [-0.2, 0) is 6.61 Å². The van der Waals surface area contributed by atoms with Crippen LogP contribution in [0.4, 0.5) is 5.82 Å². The molecular weight excluding hydrogens is 304 g/mol. The van der Waals surface area contributed by atoms with Gasteiger partial charge in [0.25, 0.3) is 0 Å². The summed E-state index contributed by atoms with van der Waals surface area (Å²) in [4.78, 5) is 12.7. The average molecular weight is 322 g/mol. The van der Waals surface area contributed by atoms with E-state index in [1.165, 1.54) is 18.5 Å². The monoisotopic (exact) mass is 322 g/mol. The van der Waals surface area contributed by atoms with Gasteiger partial charge in [-0.2, -0.15) is 5.10 Å². The van der Waals surface area contributed by atoms with Crippen LogP contribution in [0.5, 0.6) is 5.75 Å². The lowest BCUT2D eigenvalue weighted by Crippen LogP contribution is -2.03. The maximum absolute atomic E-state index is 6.03. The van der Waals surface area contributed by atoms with Gasteiger partial charge in [-0.15, -0.1) is 0 Å². The van der Waals surface area contributed by atoms with Gasteiger partial charge >= 0.3 is 0 Å². The first kappa shape index (κ1) is 14.6.